The molecule has 0 spiro atoms. The van der Waals surface area contributed by atoms with Crippen LogP contribution in [0.1, 0.15) is 0 Å². The average molecular weight is 312 g/mol. The average Bonchev–Trinajstić information content (AvgIpc) is 2.13. The van der Waals surface area contributed by atoms with Gasteiger partial charge in [0.2, 0.25) is 0 Å². The van der Waals surface area contributed by atoms with Gasteiger partial charge >= 0.3 is 10.4 Å². The van der Waals surface area contributed by atoms with Gasteiger partial charge in [-0.05, 0) is 18.2 Å². The predicted molar refractivity (Wildman–Crippen MR) is 64.0 cm³/mol. The minimum atomic E-state index is -4.67. The molecule has 0 radical (unpaired) electrons. The maximum absolute atomic E-state index is 8.74. The van der Waals surface area contributed by atoms with Gasteiger partial charge in [-0.25, -0.2) is 0 Å². The van der Waals surface area contributed by atoms with E-state index < -0.39 is 10.4 Å². The first-order valence-corrected chi connectivity index (χ1v) is 5.87. The maximum Gasteiger partial charge on any atom is 0.394 e. The van der Waals surface area contributed by atoms with Gasteiger partial charge in [-0.2, -0.15) is 8.42 Å². The Morgan fingerprint density at radius 2 is 1.38 bits per heavy atom. The molecule has 0 bridgehead atoms. The molecular formula is C6H9Cl3N2O4S. The van der Waals surface area contributed by atoms with Gasteiger partial charge in [0.15, 0.2) is 0 Å². The molecule has 0 atom stereocenters. The normalized spacial score (nSPS) is 9.44. The van der Waals surface area contributed by atoms with Crippen molar-refractivity contribution in [1.82, 2.24) is 0 Å². The predicted octanol–water partition coefficient (Wildman–Crippen LogP) is 1.81. The molecule has 1 rings (SSSR count). The van der Waals surface area contributed by atoms with E-state index in [0.29, 0.717) is 15.1 Å². The van der Waals surface area contributed by atoms with Crippen LogP contribution < -0.4 is 11.7 Å². The summed E-state index contributed by atoms with van der Waals surface area (Å²) in [6.45, 7) is 0. The Hall–Kier alpha value is -0.120. The lowest BCUT2D eigenvalue weighted by atomic mass is 10.4. The molecule has 0 amide bonds. The quantitative estimate of drug-likeness (QED) is 0.250. The fourth-order valence-corrected chi connectivity index (χ4v) is 0.997. The fourth-order valence-electron chi connectivity index (χ4n) is 0.470. The highest BCUT2D eigenvalue weighted by Gasteiger charge is 1.94. The summed E-state index contributed by atoms with van der Waals surface area (Å²) in [6.07, 6.45) is 0. The van der Waals surface area contributed by atoms with E-state index in [4.69, 9.17) is 52.3 Å². The molecule has 0 unspecified atom stereocenters. The monoisotopic (exact) mass is 310 g/mol. The highest BCUT2D eigenvalue weighted by atomic mass is 35.5. The number of halogens is 3. The van der Waals surface area contributed by atoms with E-state index >= 15 is 0 Å². The zero-order valence-electron chi connectivity index (χ0n) is 7.64. The van der Waals surface area contributed by atoms with Crippen molar-refractivity contribution in [2.75, 3.05) is 0 Å². The van der Waals surface area contributed by atoms with E-state index in [1.807, 2.05) is 0 Å². The lowest BCUT2D eigenvalue weighted by molar-refractivity contribution is 0.381. The third-order valence-electron chi connectivity index (χ3n) is 0.882. The van der Waals surface area contributed by atoms with Gasteiger partial charge in [0, 0.05) is 5.02 Å². The number of nitrogens with two attached hydrogens (primary N) is 2. The first-order valence-electron chi connectivity index (χ1n) is 3.34. The number of hydrogen-bond acceptors (Lipinski definition) is 4. The molecule has 6 nitrogen and oxygen atoms in total. The molecule has 0 saturated heterocycles. The minimum absolute atomic E-state index is 0.490. The number of hydrogen-bond donors (Lipinski definition) is 4. The third-order valence-corrected chi connectivity index (χ3v) is 1.86. The summed E-state index contributed by atoms with van der Waals surface area (Å²) in [5.41, 5.74) is 0. The topological polar surface area (TPSA) is 127 Å². The molecule has 0 aliphatic carbocycles. The number of benzene rings is 1. The lowest BCUT2D eigenvalue weighted by Crippen LogP contribution is -2.02. The van der Waals surface area contributed by atoms with Gasteiger partial charge in [0.1, 0.15) is 0 Å². The van der Waals surface area contributed by atoms with E-state index in [1.165, 1.54) is 0 Å². The Kier molecular flexibility index (Phi) is 10.2. The number of hydrazine groups is 1. The molecule has 0 heterocycles. The molecule has 0 aliphatic rings. The van der Waals surface area contributed by atoms with Crippen molar-refractivity contribution in [3.8, 4) is 0 Å². The summed E-state index contributed by atoms with van der Waals surface area (Å²) in [5.74, 6) is 8.00. The van der Waals surface area contributed by atoms with Crippen LogP contribution >= 0.6 is 34.8 Å². The van der Waals surface area contributed by atoms with Gasteiger partial charge in [-0.1, -0.05) is 34.8 Å². The second kappa shape index (κ2) is 8.97. The van der Waals surface area contributed by atoms with E-state index in [0.717, 1.165) is 0 Å². The first kappa shape index (κ1) is 18.3. The van der Waals surface area contributed by atoms with E-state index in [9.17, 15) is 0 Å². The molecule has 0 saturated carbocycles. The highest BCUT2D eigenvalue weighted by molar-refractivity contribution is 7.79. The lowest BCUT2D eigenvalue weighted by Gasteiger charge is -1.92. The molecule has 0 aromatic heterocycles. The van der Waals surface area contributed by atoms with Gasteiger partial charge in [-0.15, -0.1) is 0 Å². The SMILES string of the molecule is Clc1ccc(Cl)c(Cl)c1.NN.O=S(=O)(O)O. The zero-order chi connectivity index (χ0) is 13.4. The van der Waals surface area contributed by atoms with E-state index in [2.05, 4.69) is 11.7 Å². The van der Waals surface area contributed by atoms with Gasteiger partial charge in [-0.3, -0.25) is 20.8 Å². The van der Waals surface area contributed by atoms with Gasteiger partial charge in [0.25, 0.3) is 0 Å². The Labute approximate surface area is 108 Å². The fraction of sp³-hybridized carbons (Fsp3) is 0. The Bertz CT molecular complexity index is 404. The second-order valence-electron chi connectivity index (χ2n) is 2.01. The second-order valence-corrected chi connectivity index (χ2v) is 4.15. The number of rotatable bonds is 0. The van der Waals surface area contributed by atoms with Crippen molar-refractivity contribution in [3.05, 3.63) is 33.3 Å². The van der Waals surface area contributed by atoms with Crippen LogP contribution in [0.3, 0.4) is 0 Å². The summed E-state index contributed by atoms with van der Waals surface area (Å²) >= 11 is 16.8. The summed E-state index contributed by atoms with van der Waals surface area (Å²) < 4.78 is 31.6. The molecule has 94 valence electrons. The third kappa shape index (κ3) is 13.9. The van der Waals surface area contributed by atoms with Gasteiger partial charge in [0.05, 0.1) is 10.0 Å². The van der Waals surface area contributed by atoms with Crippen LogP contribution in [0.5, 0.6) is 0 Å². The smallest absolute Gasteiger partial charge is 0.274 e. The summed E-state index contributed by atoms with van der Waals surface area (Å²) in [5, 5.41) is 1.62. The first-order chi connectivity index (χ1) is 7.20. The van der Waals surface area contributed by atoms with Gasteiger partial charge < -0.3 is 0 Å². The van der Waals surface area contributed by atoms with Crippen LogP contribution in [0.4, 0.5) is 0 Å². The molecule has 1 aromatic carbocycles. The molecule has 6 N–H and O–H groups in total. The van der Waals surface area contributed by atoms with Crippen molar-refractivity contribution in [1.29, 1.82) is 0 Å². The molecular weight excluding hydrogens is 303 g/mol. The standard InChI is InChI=1S/C6H3Cl3.H4N2.H2O4S/c7-4-1-2-5(8)6(9)3-4;1-2;1-5(2,3)4/h1-3H;1-2H2;(H2,1,2,3,4). The van der Waals surface area contributed by atoms with Crippen molar-refractivity contribution >= 4 is 45.2 Å². The van der Waals surface area contributed by atoms with Crippen molar-refractivity contribution in [2.45, 2.75) is 0 Å². The van der Waals surface area contributed by atoms with Crippen LogP contribution in [0.15, 0.2) is 18.2 Å². The van der Waals surface area contributed by atoms with Crippen LogP contribution in [-0.2, 0) is 10.4 Å². The van der Waals surface area contributed by atoms with Crippen molar-refractivity contribution < 1.29 is 17.5 Å². The molecule has 0 aliphatic heterocycles. The Morgan fingerprint density at radius 3 is 1.62 bits per heavy atom. The highest BCUT2D eigenvalue weighted by Crippen LogP contribution is 2.24. The largest absolute Gasteiger partial charge is 0.394 e. The van der Waals surface area contributed by atoms with Crippen LogP contribution in [0.2, 0.25) is 15.1 Å². The Balaban J connectivity index is 0. The van der Waals surface area contributed by atoms with E-state index in [-0.39, 0.29) is 0 Å². The van der Waals surface area contributed by atoms with Crippen LogP contribution in [0.25, 0.3) is 0 Å². The molecule has 1 aromatic rings. The maximum atomic E-state index is 8.74. The Morgan fingerprint density at radius 1 is 1.00 bits per heavy atom. The summed E-state index contributed by atoms with van der Waals surface area (Å²) in [4.78, 5) is 0. The minimum Gasteiger partial charge on any atom is -0.274 e. The summed E-state index contributed by atoms with van der Waals surface area (Å²) in [7, 11) is -4.67. The van der Waals surface area contributed by atoms with Crippen LogP contribution in [0, 0.1) is 0 Å². The summed E-state index contributed by atoms with van der Waals surface area (Å²) in [6, 6.07) is 4.95. The molecule has 10 heteroatoms. The molecule has 16 heavy (non-hydrogen) atoms. The van der Waals surface area contributed by atoms with Crippen molar-refractivity contribution in [3.63, 3.8) is 0 Å². The van der Waals surface area contributed by atoms with Crippen LogP contribution in [-0.4, -0.2) is 17.5 Å². The zero-order valence-corrected chi connectivity index (χ0v) is 10.7. The van der Waals surface area contributed by atoms with E-state index in [1.54, 1.807) is 18.2 Å². The molecule has 0 fully saturated rings. The van der Waals surface area contributed by atoms with Crippen molar-refractivity contribution in [2.24, 2.45) is 11.7 Å².